The topological polar surface area (TPSA) is 607 Å². The molecule has 0 aromatic carbocycles. The van der Waals surface area contributed by atoms with Crippen molar-refractivity contribution >= 4 is 82.9 Å². The molecule has 0 aliphatic rings. The fraction of sp³-hybridized carbons (Fsp3) is 0.667. The first-order chi connectivity index (χ1) is 35.4. The Hall–Kier alpha value is -8.42. The van der Waals surface area contributed by atoms with Crippen LogP contribution < -0.4 is 106 Å². The second-order valence-corrected chi connectivity index (χ2v) is 16.9. The van der Waals surface area contributed by atoms with Crippen LogP contribution in [0.5, 0.6) is 0 Å². The van der Waals surface area contributed by atoms with Crippen LogP contribution in [0.4, 0.5) is 0 Å². The lowest BCUT2D eigenvalue weighted by Crippen LogP contribution is -2.59. The van der Waals surface area contributed by atoms with Crippen molar-refractivity contribution < 1.29 is 38.4 Å². The lowest BCUT2D eigenvalue weighted by atomic mass is 10.0. The van der Waals surface area contributed by atoms with E-state index >= 15 is 0 Å². The number of carbonyl (C=O) groups is 8. The lowest BCUT2D eigenvalue weighted by Gasteiger charge is -2.28. The normalized spacial score (nSPS) is 12.9. The Balaban J connectivity index is 7.16. The highest BCUT2D eigenvalue weighted by Gasteiger charge is 2.33. The number of nitrogens with zero attached hydrogens (tertiary/aromatic N) is 6. The molecule has 0 spiro atoms. The predicted molar refractivity (Wildman–Crippen MR) is 285 cm³/mol. The molecule has 0 heterocycles. The molecule has 31 N–H and O–H groups in total. The van der Waals surface area contributed by atoms with Crippen molar-refractivity contribution in [1.29, 1.82) is 0 Å². The summed E-state index contributed by atoms with van der Waals surface area (Å²) in [7, 11) is 0. The molecule has 75 heavy (non-hydrogen) atoms. The van der Waals surface area contributed by atoms with Gasteiger partial charge in [-0.2, -0.15) is 0 Å². The number of Topliss-reactive ketones (excluding diaryl/α,β-unsaturated/α-hetero) is 1. The summed E-state index contributed by atoms with van der Waals surface area (Å²) in [5.41, 5.74) is 65.8. The van der Waals surface area contributed by atoms with E-state index in [9.17, 15) is 38.4 Å². The summed E-state index contributed by atoms with van der Waals surface area (Å²) in [6, 6.07) is -7.91. The summed E-state index contributed by atoms with van der Waals surface area (Å²) in [6.45, 7) is 2.86. The molecule has 0 aromatic rings. The minimum Gasteiger partial charge on any atom is -0.370 e. The predicted octanol–water partition coefficient (Wildman–Crippen LogP) is -8.67. The van der Waals surface area contributed by atoms with Gasteiger partial charge in [-0.3, -0.25) is 68.3 Å². The highest BCUT2D eigenvalue weighted by molar-refractivity contribution is 5.97. The van der Waals surface area contributed by atoms with Gasteiger partial charge in [-0.15, -0.1) is 0 Å². The van der Waals surface area contributed by atoms with E-state index in [1.54, 1.807) is 6.92 Å². The number of aliphatic imine (C=N–C) groups is 6. The van der Waals surface area contributed by atoms with Crippen molar-refractivity contribution in [2.45, 2.75) is 134 Å². The molecule has 424 valence electrons. The summed E-state index contributed by atoms with van der Waals surface area (Å²) in [5, 5.41) is 18.3. The van der Waals surface area contributed by atoms with E-state index < -0.39 is 77.6 Å². The maximum atomic E-state index is 14.4. The Kier molecular flexibility index (Phi) is 33.9. The molecule has 0 aromatic heterocycles. The van der Waals surface area contributed by atoms with Gasteiger partial charge in [-0.25, -0.2) is 0 Å². The van der Waals surface area contributed by atoms with Crippen LogP contribution in [-0.2, 0) is 38.4 Å². The zero-order chi connectivity index (χ0) is 56.9. The first-order valence-corrected chi connectivity index (χ1v) is 24.3. The number of hydrogen-bond donors (Lipinski definition) is 19. The van der Waals surface area contributed by atoms with Gasteiger partial charge in [0.15, 0.2) is 41.5 Å². The van der Waals surface area contributed by atoms with Crippen molar-refractivity contribution in [1.82, 2.24) is 37.2 Å². The number of nitrogens with one attached hydrogen (secondary N) is 7. The van der Waals surface area contributed by atoms with Gasteiger partial charge in [0.25, 0.3) is 0 Å². The Bertz CT molecular complexity index is 2020. The third-order valence-corrected chi connectivity index (χ3v) is 10.4. The SMILES string of the molecule is CCC(=O)CNC(=O)C(CCCN=C(N)N)NC(=O)[C@H](CCCN=C(N)N)NC(=O)[C@H](CCCN=C(N)N)NC(=O)[C@H](CCCN=C(N)N)NC(=O)[C@H](CCCN=C(N)N)NC(=O)[C@H](CCCN=C(N)N)NC(C)=O. The van der Waals surface area contributed by atoms with Gasteiger partial charge in [-0.1, -0.05) is 6.92 Å². The molecule has 0 rings (SSSR count). The second kappa shape index (κ2) is 38.2. The first kappa shape index (κ1) is 66.6. The number of amides is 7. The van der Waals surface area contributed by atoms with Gasteiger partial charge in [-0.05, 0) is 77.0 Å². The molecular formula is C42H83N25O8. The van der Waals surface area contributed by atoms with Crippen LogP contribution in [-0.4, -0.2) is 165 Å². The molecule has 0 saturated carbocycles. The molecule has 33 nitrogen and oxygen atoms in total. The molecule has 0 fully saturated rings. The standard InChI is InChI=1S/C42H83N25O8/c1-3-24(69)22-61-31(70)25(10-4-16-55-37(43)44)63-33(72)27(12-6-18-57-39(47)48)65-35(74)29(14-8-20-59-41(51)52)67-36(75)30(15-9-21-60-42(53)54)66-34(73)28(13-7-19-58-40(49)50)64-32(71)26(62-23(2)68)11-5-17-56-38(45)46/h25-30H,3-22H2,1-2H3,(H,61,70)(H,62,68)(H,63,72)(H,64,71)(H,65,74)(H,66,73)(H,67,75)(H4,43,44,55)(H4,45,46,56)(H4,47,48,57)(H4,49,50,58)(H4,51,52,59)(H4,53,54,60)/t25?,26-,27-,28-,29-,30-/m0/s1. The fourth-order valence-electron chi connectivity index (χ4n) is 6.68. The van der Waals surface area contributed by atoms with Crippen molar-refractivity contribution in [3.63, 3.8) is 0 Å². The van der Waals surface area contributed by atoms with Crippen molar-refractivity contribution in [3.05, 3.63) is 0 Å². The summed E-state index contributed by atoms with van der Waals surface area (Å²) in [4.78, 5) is 132. The smallest absolute Gasteiger partial charge is 0.243 e. The number of hydrogen-bond acceptors (Lipinski definition) is 14. The minimum absolute atomic E-state index is 0.00919. The third kappa shape index (κ3) is 33.8. The van der Waals surface area contributed by atoms with Crippen molar-refractivity contribution in [2.75, 3.05) is 45.8 Å². The maximum Gasteiger partial charge on any atom is 0.243 e. The molecule has 1 unspecified atom stereocenters. The molecule has 0 radical (unpaired) electrons. The zero-order valence-corrected chi connectivity index (χ0v) is 43.0. The van der Waals surface area contributed by atoms with E-state index in [2.05, 4.69) is 67.2 Å². The van der Waals surface area contributed by atoms with Crippen molar-refractivity contribution in [3.8, 4) is 0 Å². The molecule has 0 aliphatic heterocycles. The van der Waals surface area contributed by atoms with Crippen LogP contribution in [0.25, 0.3) is 0 Å². The number of nitrogens with two attached hydrogens (primary N) is 12. The van der Waals surface area contributed by atoms with E-state index in [1.807, 2.05) is 0 Å². The Morgan fingerprint density at radius 3 is 0.720 bits per heavy atom. The summed E-state index contributed by atoms with van der Waals surface area (Å²) in [6.07, 6.45) is 0.865. The van der Waals surface area contributed by atoms with Gasteiger partial charge in [0.05, 0.1) is 6.54 Å². The minimum atomic E-state index is -1.43. The van der Waals surface area contributed by atoms with Gasteiger partial charge in [0, 0.05) is 52.6 Å². The highest BCUT2D eigenvalue weighted by atomic mass is 16.2. The Morgan fingerprint density at radius 1 is 0.333 bits per heavy atom. The maximum absolute atomic E-state index is 14.4. The quantitative estimate of drug-likeness (QED) is 0.0154. The largest absolute Gasteiger partial charge is 0.370 e. The first-order valence-electron chi connectivity index (χ1n) is 24.3. The molecule has 0 saturated heterocycles. The average molecular weight is 1070 g/mol. The Labute approximate surface area is 435 Å². The zero-order valence-electron chi connectivity index (χ0n) is 43.0. The van der Waals surface area contributed by atoms with E-state index in [-0.39, 0.29) is 171 Å². The number of carbonyl (C=O) groups excluding carboxylic acids is 8. The lowest BCUT2D eigenvalue weighted by molar-refractivity contribution is -0.135. The van der Waals surface area contributed by atoms with Crippen LogP contribution in [0.1, 0.15) is 97.3 Å². The van der Waals surface area contributed by atoms with Crippen LogP contribution in [0.2, 0.25) is 0 Å². The van der Waals surface area contributed by atoms with Gasteiger partial charge >= 0.3 is 0 Å². The second-order valence-electron chi connectivity index (χ2n) is 16.9. The van der Waals surface area contributed by atoms with E-state index in [0.29, 0.717) is 0 Å². The molecule has 6 atom stereocenters. The van der Waals surface area contributed by atoms with Crippen LogP contribution in [0.3, 0.4) is 0 Å². The van der Waals surface area contributed by atoms with Crippen LogP contribution in [0.15, 0.2) is 30.0 Å². The Morgan fingerprint density at radius 2 is 0.533 bits per heavy atom. The van der Waals surface area contributed by atoms with Gasteiger partial charge in [0.1, 0.15) is 36.3 Å². The summed E-state index contributed by atoms with van der Waals surface area (Å²) >= 11 is 0. The average Bonchev–Trinajstić information content (AvgIpc) is 3.32. The van der Waals surface area contributed by atoms with E-state index in [1.165, 1.54) is 6.92 Å². The van der Waals surface area contributed by atoms with E-state index in [0.717, 1.165) is 0 Å². The van der Waals surface area contributed by atoms with Gasteiger partial charge < -0.3 is 106 Å². The highest BCUT2D eigenvalue weighted by Crippen LogP contribution is 2.10. The third-order valence-electron chi connectivity index (χ3n) is 10.4. The fourth-order valence-corrected chi connectivity index (χ4v) is 6.68. The summed E-state index contributed by atoms with van der Waals surface area (Å²) in [5.74, 6) is -6.98. The van der Waals surface area contributed by atoms with Crippen molar-refractivity contribution in [2.24, 2.45) is 98.8 Å². The summed E-state index contributed by atoms with van der Waals surface area (Å²) < 4.78 is 0. The van der Waals surface area contributed by atoms with Gasteiger partial charge in [0.2, 0.25) is 41.4 Å². The number of ketones is 1. The molecule has 0 bridgehead atoms. The molecule has 7 amide bonds. The van der Waals surface area contributed by atoms with Crippen LogP contribution in [0, 0.1) is 0 Å². The molecular weight excluding hydrogens is 983 g/mol. The number of guanidine groups is 6. The monoisotopic (exact) mass is 1070 g/mol. The number of rotatable bonds is 39. The van der Waals surface area contributed by atoms with E-state index in [4.69, 9.17) is 68.8 Å². The van der Waals surface area contributed by atoms with Crippen LogP contribution >= 0.6 is 0 Å². The molecule has 33 heteroatoms. The molecule has 0 aliphatic carbocycles.